The normalized spacial score (nSPS) is 10.7. The minimum atomic E-state index is -0.341. The Balaban J connectivity index is 1.31. The van der Waals surface area contributed by atoms with Crippen LogP contribution in [0.3, 0.4) is 0 Å². The molecule has 166 valence electrons. The lowest BCUT2D eigenvalue weighted by molar-refractivity contribution is 0.101. The monoisotopic (exact) mass is 450 g/mol. The van der Waals surface area contributed by atoms with Crippen LogP contribution < -0.4 is 10.6 Å². The Kier molecular flexibility index (Phi) is 5.41. The first kappa shape index (κ1) is 20.8. The number of amides is 2. The zero-order valence-electron chi connectivity index (χ0n) is 17.7. The van der Waals surface area contributed by atoms with Crippen molar-refractivity contribution >= 4 is 34.4 Å². The molecule has 0 atom stereocenters. The van der Waals surface area contributed by atoms with E-state index in [1.165, 1.54) is 30.5 Å². The Morgan fingerprint density at radius 2 is 1.62 bits per heavy atom. The summed E-state index contributed by atoms with van der Waals surface area (Å²) in [4.78, 5) is 40.7. The lowest BCUT2D eigenvalue weighted by Gasteiger charge is -2.05. The van der Waals surface area contributed by atoms with Gasteiger partial charge in [0.05, 0.1) is 22.8 Å². The summed E-state index contributed by atoms with van der Waals surface area (Å²) in [6.07, 6.45) is 4.72. The van der Waals surface area contributed by atoms with Gasteiger partial charge in [-0.2, -0.15) is 0 Å². The van der Waals surface area contributed by atoms with E-state index in [0.717, 1.165) is 5.56 Å². The Morgan fingerprint density at radius 3 is 2.35 bits per heavy atom. The first-order valence-electron chi connectivity index (χ1n) is 10.3. The molecule has 0 bridgehead atoms. The second kappa shape index (κ2) is 8.83. The SMILES string of the molecule is O=C(Nc1ccc(-c2nc3cc(NC(=O)c4ccc(O)cc4)ncc3[nH]2)cc1)c1cccnc1. The number of imidazole rings is 1. The molecule has 3 aromatic heterocycles. The smallest absolute Gasteiger partial charge is 0.257 e. The van der Waals surface area contributed by atoms with Crippen LogP contribution in [0.25, 0.3) is 22.4 Å². The van der Waals surface area contributed by atoms with Gasteiger partial charge in [0.1, 0.15) is 17.4 Å². The number of benzene rings is 2. The molecular weight excluding hydrogens is 432 g/mol. The molecule has 3 heterocycles. The number of nitrogens with zero attached hydrogens (tertiary/aromatic N) is 3. The molecule has 0 radical (unpaired) electrons. The number of rotatable bonds is 5. The van der Waals surface area contributed by atoms with E-state index in [1.807, 2.05) is 12.1 Å². The van der Waals surface area contributed by atoms with Crippen LogP contribution in [-0.4, -0.2) is 36.9 Å². The molecule has 0 fully saturated rings. The fourth-order valence-corrected chi connectivity index (χ4v) is 3.33. The third-order valence-corrected chi connectivity index (χ3v) is 5.08. The van der Waals surface area contributed by atoms with Crippen molar-refractivity contribution in [1.82, 2.24) is 19.9 Å². The highest BCUT2D eigenvalue weighted by atomic mass is 16.3. The molecule has 4 N–H and O–H groups in total. The second-order valence-corrected chi connectivity index (χ2v) is 7.45. The largest absolute Gasteiger partial charge is 0.508 e. The van der Waals surface area contributed by atoms with E-state index in [0.29, 0.717) is 39.5 Å². The Hall–Kier alpha value is -5.05. The van der Waals surface area contributed by atoms with Crippen LogP contribution >= 0.6 is 0 Å². The summed E-state index contributed by atoms with van der Waals surface area (Å²) < 4.78 is 0. The van der Waals surface area contributed by atoms with Crippen molar-refractivity contribution < 1.29 is 14.7 Å². The second-order valence-electron chi connectivity index (χ2n) is 7.45. The van der Waals surface area contributed by atoms with Crippen LogP contribution in [0, 0.1) is 0 Å². The van der Waals surface area contributed by atoms with Crippen molar-refractivity contribution in [2.45, 2.75) is 0 Å². The summed E-state index contributed by atoms with van der Waals surface area (Å²) >= 11 is 0. The predicted molar refractivity (Wildman–Crippen MR) is 128 cm³/mol. The highest BCUT2D eigenvalue weighted by Crippen LogP contribution is 2.23. The minimum Gasteiger partial charge on any atom is -0.508 e. The van der Waals surface area contributed by atoms with Crippen LogP contribution in [-0.2, 0) is 0 Å². The maximum atomic E-state index is 12.4. The van der Waals surface area contributed by atoms with Gasteiger partial charge in [-0.15, -0.1) is 0 Å². The van der Waals surface area contributed by atoms with Crippen molar-refractivity contribution in [2.75, 3.05) is 10.6 Å². The Labute approximate surface area is 193 Å². The molecule has 0 aliphatic rings. The number of aromatic amines is 1. The molecule has 0 aliphatic heterocycles. The number of H-pyrrole nitrogens is 1. The maximum Gasteiger partial charge on any atom is 0.257 e. The van der Waals surface area contributed by atoms with E-state index in [-0.39, 0.29) is 17.6 Å². The zero-order valence-corrected chi connectivity index (χ0v) is 17.7. The molecule has 0 spiro atoms. The van der Waals surface area contributed by atoms with Crippen molar-refractivity contribution in [3.8, 4) is 17.1 Å². The molecule has 0 unspecified atom stereocenters. The fraction of sp³-hybridized carbons (Fsp3) is 0. The summed E-state index contributed by atoms with van der Waals surface area (Å²) in [7, 11) is 0. The van der Waals surface area contributed by atoms with Crippen LogP contribution in [0.1, 0.15) is 20.7 Å². The molecule has 34 heavy (non-hydrogen) atoms. The third kappa shape index (κ3) is 4.44. The number of aromatic hydroxyl groups is 1. The molecule has 0 saturated carbocycles. The highest BCUT2D eigenvalue weighted by Gasteiger charge is 2.11. The Bertz CT molecular complexity index is 1480. The van der Waals surface area contributed by atoms with Crippen LogP contribution in [0.5, 0.6) is 5.75 Å². The van der Waals surface area contributed by atoms with E-state index in [2.05, 4.69) is 30.6 Å². The minimum absolute atomic E-state index is 0.0871. The molecule has 9 heteroatoms. The van der Waals surface area contributed by atoms with E-state index in [4.69, 9.17) is 0 Å². The van der Waals surface area contributed by atoms with E-state index < -0.39 is 0 Å². The number of phenolic OH excluding ortho intramolecular Hbond substituents is 1. The number of pyridine rings is 2. The van der Waals surface area contributed by atoms with Gasteiger partial charge in [0.2, 0.25) is 0 Å². The van der Waals surface area contributed by atoms with Gasteiger partial charge in [-0.3, -0.25) is 14.6 Å². The number of aromatic nitrogens is 4. The number of fused-ring (bicyclic) bond motifs is 1. The molecule has 0 aliphatic carbocycles. The van der Waals surface area contributed by atoms with Crippen molar-refractivity contribution in [3.63, 3.8) is 0 Å². The molecular formula is C25H18N6O3. The topological polar surface area (TPSA) is 133 Å². The van der Waals surface area contributed by atoms with Crippen molar-refractivity contribution in [3.05, 3.63) is 96.4 Å². The number of hydrogen-bond acceptors (Lipinski definition) is 6. The molecule has 0 saturated heterocycles. The van der Waals surface area contributed by atoms with E-state index >= 15 is 0 Å². The van der Waals surface area contributed by atoms with Gasteiger partial charge in [0, 0.05) is 35.3 Å². The Morgan fingerprint density at radius 1 is 0.853 bits per heavy atom. The average Bonchev–Trinajstić information content (AvgIpc) is 3.29. The van der Waals surface area contributed by atoms with Crippen LogP contribution in [0.4, 0.5) is 11.5 Å². The third-order valence-electron chi connectivity index (χ3n) is 5.08. The van der Waals surface area contributed by atoms with Gasteiger partial charge in [-0.25, -0.2) is 9.97 Å². The number of hydrogen-bond donors (Lipinski definition) is 4. The molecule has 5 rings (SSSR count). The molecule has 9 nitrogen and oxygen atoms in total. The van der Waals surface area contributed by atoms with E-state index in [1.54, 1.807) is 42.7 Å². The van der Waals surface area contributed by atoms with E-state index in [9.17, 15) is 14.7 Å². The van der Waals surface area contributed by atoms with Gasteiger partial charge in [-0.05, 0) is 60.7 Å². The summed E-state index contributed by atoms with van der Waals surface area (Å²) in [5.74, 6) is 0.495. The van der Waals surface area contributed by atoms with Crippen molar-refractivity contribution in [2.24, 2.45) is 0 Å². The summed E-state index contributed by atoms with van der Waals surface area (Å²) in [6.45, 7) is 0. The van der Waals surface area contributed by atoms with Gasteiger partial charge < -0.3 is 20.7 Å². The van der Waals surface area contributed by atoms with Gasteiger partial charge in [0.25, 0.3) is 11.8 Å². The van der Waals surface area contributed by atoms with Crippen LogP contribution in [0.15, 0.2) is 85.3 Å². The maximum absolute atomic E-state index is 12.4. The number of phenols is 1. The summed E-state index contributed by atoms with van der Waals surface area (Å²) in [6, 6.07) is 18.3. The number of carbonyl (C=O) groups excluding carboxylic acids is 2. The van der Waals surface area contributed by atoms with Crippen molar-refractivity contribution in [1.29, 1.82) is 0 Å². The lowest BCUT2D eigenvalue weighted by Crippen LogP contribution is -2.12. The average molecular weight is 450 g/mol. The number of anilines is 2. The molecule has 2 amide bonds. The first-order valence-corrected chi connectivity index (χ1v) is 10.3. The summed E-state index contributed by atoms with van der Waals surface area (Å²) in [5.41, 5.74) is 3.70. The van der Waals surface area contributed by atoms with Gasteiger partial charge in [0.15, 0.2) is 0 Å². The van der Waals surface area contributed by atoms with Crippen LogP contribution in [0.2, 0.25) is 0 Å². The fourth-order valence-electron chi connectivity index (χ4n) is 3.33. The highest BCUT2D eigenvalue weighted by molar-refractivity contribution is 6.05. The number of nitrogens with one attached hydrogen (secondary N) is 3. The van der Waals surface area contributed by atoms with Gasteiger partial charge >= 0.3 is 0 Å². The molecule has 2 aromatic carbocycles. The standard InChI is InChI=1S/C25H18N6O3/c32-19-9-5-16(6-10-19)24(33)31-22-12-20-21(14-27-22)30-23(29-20)15-3-7-18(8-4-15)28-25(34)17-2-1-11-26-13-17/h1-14,32H,(H,28,34)(H,29,30)(H,27,31,33). The quantitative estimate of drug-likeness (QED) is 0.317. The molecule has 5 aromatic rings. The zero-order chi connectivity index (χ0) is 23.5. The predicted octanol–water partition coefficient (Wildman–Crippen LogP) is 4.23. The summed E-state index contributed by atoms with van der Waals surface area (Å²) in [5, 5.41) is 14.9. The lowest BCUT2D eigenvalue weighted by atomic mass is 10.2. The number of carbonyl (C=O) groups is 2. The van der Waals surface area contributed by atoms with Gasteiger partial charge in [-0.1, -0.05) is 0 Å². The first-order chi connectivity index (χ1) is 16.5.